The van der Waals surface area contributed by atoms with Crippen LogP contribution in [0.1, 0.15) is 20.8 Å². The van der Waals surface area contributed by atoms with Gasteiger partial charge in [-0.3, -0.25) is 0 Å². The molecule has 2 unspecified atom stereocenters. The monoisotopic (exact) mass is 161 g/mol. The molecule has 0 heterocycles. The van der Waals surface area contributed by atoms with Crippen LogP contribution in [0.15, 0.2) is 0 Å². The van der Waals surface area contributed by atoms with E-state index in [0.29, 0.717) is 6.54 Å². The number of likely N-dealkylation sites (N-methyl/N-ethyl adjacent to an activating group) is 1. The van der Waals surface area contributed by atoms with Crippen molar-refractivity contribution >= 4 is 0 Å². The summed E-state index contributed by atoms with van der Waals surface area (Å²) in [7, 11) is 1.75. The SMILES string of the molecule is CNCC(O)C(O)C(C)(C)C. The molecule has 2 atom stereocenters. The van der Waals surface area contributed by atoms with Crippen molar-refractivity contribution in [3.63, 3.8) is 0 Å². The lowest BCUT2D eigenvalue weighted by molar-refractivity contribution is -0.0420. The van der Waals surface area contributed by atoms with Gasteiger partial charge in [0.15, 0.2) is 0 Å². The number of hydrogen-bond donors (Lipinski definition) is 3. The van der Waals surface area contributed by atoms with Crippen molar-refractivity contribution in [1.29, 1.82) is 0 Å². The van der Waals surface area contributed by atoms with E-state index in [1.54, 1.807) is 7.05 Å². The third-order valence-electron chi connectivity index (χ3n) is 1.67. The van der Waals surface area contributed by atoms with E-state index in [1.165, 1.54) is 0 Å². The maximum absolute atomic E-state index is 9.50. The lowest BCUT2D eigenvalue weighted by Gasteiger charge is -2.29. The van der Waals surface area contributed by atoms with Gasteiger partial charge in [-0.25, -0.2) is 0 Å². The molecule has 3 heteroatoms. The molecule has 0 aliphatic heterocycles. The molecule has 0 bridgehead atoms. The largest absolute Gasteiger partial charge is 0.390 e. The van der Waals surface area contributed by atoms with Crippen molar-refractivity contribution in [2.75, 3.05) is 13.6 Å². The molecule has 0 aromatic carbocycles. The van der Waals surface area contributed by atoms with Crippen LogP contribution in [-0.4, -0.2) is 36.0 Å². The third kappa shape index (κ3) is 3.70. The molecule has 0 aromatic rings. The van der Waals surface area contributed by atoms with E-state index in [2.05, 4.69) is 5.32 Å². The first-order valence-electron chi connectivity index (χ1n) is 3.90. The molecule has 11 heavy (non-hydrogen) atoms. The van der Waals surface area contributed by atoms with Crippen molar-refractivity contribution in [2.45, 2.75) is 33.0 Å². The third-order valence-corrected chi connectivity index (χ3v) is 1.67. The Kier molecular flexibility index (Phi) is 4.00. The zero-order valence-electron chi connectivity index (χ0n) is 7.76. The maximum Gasteiger partial charge on any atom is 0.0928 e. The van der Waals surface area contributed by atoms with Gasteiger partial charge in [0.1, 0.15) is 0 Å². The molecule has 3 N–H and O–H groups in total. The van der Waals surface area contributed by atoms with Crippen LogP contribution in [0.4, 0.5) is 0 Å². The summed E-state index contributed by atoms with van der Waals surface area (Å²) >= 11 is 0. The zero-order valence-corrected chi connectivity index (χ0v) is 7.76. The number of nitrogens with one attached hydrogen (secondary N) is 1. The van der Waals surface area contributed by atoms with Crippen LogP contribution >= 0.6 is 0 Å². The minimum atomic E-state index is -0.681. The van der Waals surface area contributed by atoms with E-state index < -0.39 is 12.2 Å². The van der Waals surface area contributed by atoms with Crippen LogP contribution in [0.2, 0.25) is 0 Å². The van der Waals surface area contributed by atoms with Gasteiger partial charge in [-0.2, -0.15) is 0 Å². The molecule has 0 aromatic heterocycles. The first-order valence-corrected chi connectivity index (χ1v) is 3.90. The average Bonchev–Trinajstić information content (AvgIpc) is 1.85. The first kappa shape index (κ1) is 10.9. The van der Waals surface area contributed by atoms with Gasteiger partial charge in [0.25, 0.3) is 0 Å². The zero-order chi connectivity index (χ0) is 9.07. The van der Waals surface area contributed by atoms with Crippen molar-refractivity contribution in [2.24, 2.45) is 5.41 Å². The summed E-state index contributed by atoms with van der Waals surface area (Å²) in [5, 5.41) is 21.6. The molecule has 0 aliphatic rings. The Hall–Kier alpha value is -0.120. The topological polar surface area (TPSA) is 52.5 Å². The number of aliphatic hydroxyl groups excluding tert-OH is 2. The van der Waals surface area contributed by atoms with E-state index >= 15 is 0 Å². The summed E-state index contributed by atoms with van der Waals surface area (Å²) in [5.74, 6) is 0. The van der Waals surface area contributed by atoms with Gasteiger partial charge in [0.2, 0.25) is 0 Å². The molecule has 0 saturated carbocycles. The highest BCUT2D eigenvalue weighted by molar-refractivity contribution is 4.80. The number of aliphatic hydroxyl groups is 2. The minimum Gasteiger partial charge on any atom is -0.390 e. The van der Waals surface area contributed by atoms with Crippen LogP contribution in [-0.2, 0) is 0 Å². The van der Waals surface area contributed by atoms with E-state index in [0.717, 1.165) is 0 Å². The Balaban J connectivity index is 3.91. The standard InChI is InChI=1S/C8H19NO2/c1-8(2,3)7(11)6(10)5-9-4/h6-7,9-11H,5H2,1-4H3. The second kappa shape index (κ2) is 4.04. The average molecular weight is 161 g/mol. The highest BCUT2D eigenvalue weighted by atomic mass is 16.3. The van der Waals surface area contributed by atoms with Crippen molar-refractivity contribution in [1.82, 2.24) is 5.32 Å². The molecule has 0 saturated heterocycles. The first-order chi connectivity index (χ1) is 4.89. The summed E-state index contributed by atoms with van der Waals surface area (Å²) in [5.41, 5.74) is -0.254. The molecule has 0 radical (unpaired) electrons. The second-order valence-corrected chi connectivity index (χ2v) is 3.94. The number of rotatable bonds is 3. The Bertz CT molecular complexity index is 109. The highest BCUT2D eigenvalue weighted by Crippen LogP contribution is 2.21. The molecule has 0 amide bonds. The molecule has 0 fully saturated rings. The fourth-order valence-corrected chi connectivity index (χ4v) is 0.898. The fourth-order valence-electron chi connectivity index (χ4n) is 0.898. The number of hydrogen-bond acceptors (Lipinski definition) is 3. The fraction of sp³-hybridized carbons (Fsp3) is 1.00. The normalized spacial score (nSPS) is 18.0. The Morgan fingerprint density at radius 2 is 1.73 bits per heavy atom. The van der Waals surface area contributed by atoms with E-state index in [1.807, 2.05) is 20.8 Å². The Labute approximate surface area is 68.4 Å². The summed E-state index contributed by atoms with van der Waals surface area (Å²) in [6.45, 7) is 6.13. The molecule has 0 aliphatic carbocycles. The summed E-state index contributed by atoms with van der Waals surface area (Å²) < 4.78 is 0. The maximum atomic E-state index is 9.50. The van der Waals surface area contributed by atoms with Crippen LogP contribution in [0.3, 0.4) is 0 Å². The molecular formula is C8H19NO2. The van der Waals surface area contributed by atoms with Gasteiger partial charge >= 0.3 is 0 Å². The van der Waals surface area contributed by atoms with Crippen LogP contribution in [0, 0.1) is 5.41 Å². The van der Waals surface area contributed by atoms with Gasteiger partial charge in [-0.05, 0) is 12.5 Å². The lowest BCUT2D eigenvalue weighted by Crippen LogP contribution is -2.42. The molecule has 0 spiro atoms. The van der Waals surface area contributed by atoms with E-state index in [9.17, 15) is 10.2 Å². The smallest absolute Gasteiger partial charge is 0.0928 e. The predicted molar refractivity (Wildman–Crippen MR) is 45.4 cm³/mol. The van der Waals surface area contributed by atoms with Crippen molar-refractivity contribution in [3.8, 4) is 0 Å². The Morgan fingerprint density at radius 1 is 1.27 bits per heavy atom. The summed E-state index contributed by atoms with van der Waals surface area (Å²) in [6, 6.07) is 0. The van der Waals surface area contributed by atoms with E-state index in [-0.39, 0.29) is 5.41 Å². The van der Waals surface area contributed by atoms with Crippen molar-refractivity contribution in [3.05, 3.63) is 0 Å². The molecule has 68 valence electrons. The van der Waals surface area contributed by atoms with Crippen LogP contribution < -0.4 is 5.32 Å². The van der Waals surface area contributed by atoms with Gasteiger partial charge < -0.3 is 15.5 Å². The van der Waals surface area contributed by atoms with Crippen LogP contribution in [0.25, 0.3) is 0 Å². The Morgan fingerprint density at radius 3 is 2.00 bits per heavy atom. The van der Waals surface area contributed by atoms with Gasteiger partial charge in [0, 0.05) is 6.54 Å². The highest BCUT2D eigenvalue weighted by Gasteiger charge is 2.28. The summed E-state index contributed by atoms with van der Waals surface area (Å²) in [4.78, 5) is 0. The molecule has 3 nitrogen and oxygen atoms in total. The minimum absolute atomic E-state index is 0.254. The van der Waals surface area contributed by atoms with Crippen LogP contribution in [0.5, 0.6) is 0 Å². The second-order valence-electron chi connectivity index (χ2n) is 3.94. The summed E-state index contributed by atoms with van der Waals surface area (Å²) in [6.07, 6.45) is -1.35. The lowest BCUT2D eigenvalue weighted by atomic mass is 9.86. The predicted octanol–water partition coefficient (Wildman–Crippen LogP) is -0.0263. The quantitative estimate of drug-likeness (QED) is 0.545. The van der Waals surface area contributed by atoms with Gasteiger partial charge in [-0.1, -0.05) is 20.8 Å². The van der Waals surface area contributed by atoms with Crippen molar-refractivity contribution < 1.29 is 10.2 Å². The molecule has 0 rings (SSSR count). The van der Waals surface area contributed by atoms with Gasteiger partial charge in [0.05, 0.1) is 12.2 Å². The molecular weight excluding hydrogens is 142 g/mol. The van der Waals surface area contributed by atoms with Gasteiger partial charge in [-0.15, -0.1) is 0 Å². The van der Waals surface area contributed by atoms with E-state index in [4.69, 9.17) is 0 Å².